The summed E-state index contributed by atoms with van der Waals surface area (Å²) in [4.78, 5) is 6.66. The fourth-order valence-electron chi connectivity index (χ4n) is 1.59. The average Bonchev–Trinajstić information content (AvgIpc) is 2.31. The molecule has 11 heavy (non-hydrogen) atoms. The van der Waals surface area contributed by atoms with Crippen molar-refractivity contribution in [3.8, 4) is 0 Å². The zero-order chi connectivity index (χ0) is 7.90. The van der Waals surface area contributed by atoms with Gasteiger partial charge < -0.3 is 0 Å². The lowest BCUT2D eigenvalue weighted by Gasteiger charge is -2.35. The monoisotopic (exact) mass is 152 g/mol. The third-order valence-electron chi connectivity index (χ3n) is 2.57. The Balaban J connectivity index is 2.23. The molecule has 0 aliphatic carbocycles. The number of amidine groups is 1. The van der Waals surface area contributed by atoms with E-state index in [-0.39, 0.29) is 0 Å². The number of rotatable bonds is 0. The zero-order valence-corrected chi connectivity index (χ0v) is 7.12. The molecule has 1 saturated heterocycles. The Hall–Kier alpha value is -0.670. The van der Waals surface area contributed by atoms with Gasteiger partial charge in [0.05, 0.1) is 19.8 Å². The molecule has 0 N–H and O–H groups in total. The van der Waals surface area contributed by atoms with Gasteiger partial charge in [-0.3, -0.25) is 9.38 Å². The van der Waals surface area contributed by atoms with Crippen LogP contribution in [0.2, 0.25) is 0 Å². The van der Waals surface area contributed by atoms with Crippen LogP contribution in [0.25, 0.3) is 0 Å². The van der Waals surface area contributed by atoms with E-state index in [0.29, 0.717) is 0 Å². The minimum absolute atomic E-state index is 0.935. The molecule has 0 aromatic carbocycles. The van der Waals surface area contributed by atoms with Crippen molar-refractivity contribution >= 4 is 5.84 Å². The second-order valence-electron chi connectivity index (χ2n) is 3.57. The minimum Gasteiger partial charge on any atom is -0.290 e. The van der Waals surface area contributed by atoms with Gasteiger partial charge in [-0.1, -0.05) is 0 Å². The van der Waals surface area contributed by atoms with Gasteiger partial charge in [0.15, 0.2) is 0 Å². The van der Waals surface area contributed by atoms with Crippen LogP contribution in [0.4, 0.5) is 0 Å². The van der Waals surface area contributed by atoms with Crippen LogP contribution in [0.3, 0.4) is 0 Å². The molecule has 1 atom stereocenters. The molecule has 0 saturated carbocycles. The fraction of sp³-hybridized carbons (Fsp3) is 0.625. The number of quaternary nitrogens is 1. The molecular formula is C8H14N3+. The molecule has 0 aromatic rings. The Bertz CT molecular complexity index is 231. The van der Waals surface area contributed by atoms with E-state index in [2.05, 4.69) is 30.2 Å². The van der Waals surface area contributed by atoms with Crippen molar-refractivity contribution in [3.63, 3.8) is 0 Å². The topological polar surface area (TPSA) is 15.6 Å². The molecule has 0 amide bonds. The summed E-state index contributed by atoms with van der Waals surface area (Å²) in [6.07, 6.45) is 4.09. The zero-order valence-electron chi connectivity index (χ0n) is 7.12. The first-order valence-corrected chi connectivity index (χ1v) is 3.99. The first-order chi connectivity index (χ1) is 5.21. The third-order valence-corrected chi connectivity index (χ3v) is 2.57. The molecular weight excluding hydrogens is 138 g/mol. The maximum Gasteiger partial charge on any atom is 0.221 e. The predicted molar refractivity (Wildman–Crippen MR) is 45.1 cm³/mol. The lowest BCUT2D eigenvalue weighted by atomic mass is 10.3. The lowest BCUT2D eigenvalue weighted by Crippen LogP contribution is -2.55. The van der Waals surface area contributed by atoms with Gasteiger partial charge in [-0.2, -0.15) is 0 Å². The predicted octanol–water partition coefficient (Wildman–Crippen LogP) is 0.262. The molecule has 2 rings (SSSR count). The van der Waals surface area contributed by atoms with Crippen molar-refractivity contribution in [2.75, 3.05) is 33.7 Å². The summed E-state index contributed by atoms with van der Waals surface area (Å²) in [5.41, 5.74) is 0. The Morgan fingerprint density at radius 3 is 3.27 bits per heavy atom. The highest BCUT2D eigenvalue weighted by Crippen LogP contribution is 2.17. The molecule has 0 spiro atoms. The second-order valence-corrected chi connectivity index (χ2v) is 3.57. The van der Waals surface area contributed by atoms with E-state index in [4.69, 9.17) is 0 Å². The number of fused-ring (bicyclic) bond motifs is 1. The van der Waals surface area contributed by atoms with Crippen molar-refractivity contribution in [3.05, 3.63) is 12.4 Å². The van der Waals surface area contributed by atoms with Crippen molar-refractivity contribution < 1.29 is 4.48 Å². The van der Waals surface area contributed by atoms with Crippen LogP contribution in [0.1, 0.15) is 0 Å². The highest BCUT2D eigenvalue weighted by atomic mass is 15.4. The van der Waals surface area contributed by atoms with Gasteiger partial charge in [0, 0.05) is 6.54 Å². The molecule has 2 aliphatic heterocycles. The first-order valence-electron chi connectivity index (χ1n) is 3.99. The average molecular weight is 152 g/mol. The summed E-state index contributed by atoms with van der Waals surface area (Å²) >= 11 is 0. The summed E-state index contributed by atoms with van der Waals surface area (Å²) in [7, 11) is 4.36. The largest absolute Gasteiger partial charge is 0.290 e. The number of aliphatic imine (C=N–C) groups is 1. The van der Waals surface area contributed by atoms with Gasteiger partial charge >= 0.3 is 0 Å². The summed E-state index contributed by atoms with van der Waals surface area (Å²) in [6, 6.07) is 0. The molecule has 1 unspecified atom stereocenters. The van der Waals surface area contributed by atoms with Crippen LogP contribution < -0.4 is 0 Å². The molecule has 0 radical (unpaired) electrons. The number of hydrogen-bond donors (Lipinski definition) is 0. The van der Waals surface area contributed by atoms with Crippen LogP contribution >= 0.6 is 0 Å². The van der Waals surface area contributed by atoms with E-state index < -0.39 is 0 Å². The molecule has 3 heteroatoms. The van der Waals surface area contributed by atoms with Crippen molar-refractivity contribution in [2.45, 2.75) is 0 Å². The van der Waals surface area contributed by atoms with Crippen LogP contribution in [0.5, 0.6) is 0 Å². The van der Waals surface area contributed by atoms with E-state index in [0.717, 1.165) is 17.6 Å². The Morgan fingerprint density at radius 2 is 2.45 bits per heavy atom. The van der Waals surface area contributed by atoms with Crippen LogP contribution in [0, 0.1) is 0 Å². The SMILES string of the molecule is CN1CC[N+]2(C)C=CN=C2C1. The van der Waals surface area contributed by atoms with Gasteiger partial charge in [0.1, 0.15) is 12.7 Å². The van der Waals surface area contributed by atoms with Gasteiger partial charge in [0.2, 0.25) is 5.84 Å². The van der Waals surface area contributed by atoms with E-state index in [1.807, 2.05) is 6.20 Å². The molecule has 1 fully saturated rings. The summed E-state index contributed by atoms with van der Waals surface area (Å²) in [5.74, 6) is 1.28. The van der Waals surface area contributed by atoms with Crippen LogP contribution in [0.15, 0.2) is 17.4 Å². The van der Waals surface area contributed by atoms with Gasteiger partial charge in [-0.05, 0) is 7.05 Å². The van der Waals surface area contributed by atoms with Gasteiger partial charge in [-0.15, -0.1) is 0 Å². The highest BCUT2D eigenvalue weighted by Gasteiger charge is 2.35. The summed E-state index contributed by atoms with van der Waals surface area (Å²) in [6.45, 7) is 3.34. The quantitative estimate of drug-likeness (QED) is 0.455. The van der Waals surface area contributed by atoms with E-state index in [1.165, 1.54) is 12.4 Å². The maximum atomic E-state index is 4.35. The van der Waals surface area contributed by atoms with Crippen LogP contribution in [-0.2, 0) is 0 Å². The van der Waals surface area contributed by atoms with E-state index in [1.54, 1.807) is 0 Å². The molecule has 0 aromatic heterocycles. The Morgan fingerprint density at radius 1 is 1.64 bits per heavy atom. The standard InChI is InChI=1S/C8H14N3/c1-10-4-6-11(2)5-3-9-8(11)7-10/h3,5H,4,6-7H2,1-2H3/q+1. The highest BCUT2D eigenvalue weighted by molar-refractivity contribution is 5.80. The van der Waals surface area contributed by atoms with Gasteiger partial charge in [-0.25, -0.2) is 4.99 Å². The van der Waals surface area contributed by atoms with Crippen molar-refractivity contribution in [1.29, 1.82) is 0 Å². The second kappa shape index (κ2) is 2.16. The summed E-state index contributed by atoms with van der Waals surface area (Å²) < 4.78 is 0.935. The first kappa shape index (κ1) is 7.00. The molecule has 3 nitrogen and oxygen atoms in total. The Labute approximate surface area is 67.2 Å². The summed E-state index contributed by atoms with van der Waals surface area (Å²) in [5, 5.41) is 0. The third kappa shape index (κ3) is 1.01. The smallest absolute Gasteiger partial charge is 0.221 e. The number of likely N-dealkylation sites (N-methyl/N-ethyl adjacent to an activating group) is 2. The Kier molecular flexibility index (Phi) is 1.37. The van der Waals surface area contributed by atoms with E-state index >= 15 is 0 Å². The van der Waals surface area contributed by atoms with Gasteiger partial charge in [0.25, 0.3) is 0 Å². The van der Waals surface area contributed by atoms with Crippen molar-refractivity contribution in [2.24, 2.45) is 4.99 Å². The fourth-order valence-corrected chi connectivity index (χ4v) is 1.59. The number of hydrogen-bond acceptors (Lipinski definition) is 2. The normalized spacial score (nSPS) is 37.1. The number of nitrogens with zero attached hydrogens (tertiary/aromatic N) is 3. The molecule has 2 aliphatic rings. The minimum atomic E-state index is 0.935. The molecule has 0 bridgehead atoms. The number of piperazine rings is 1. The van der Waals surface area contributed by atoms with E-state index in [9.17, 15) is 0 Å². The maximum absolute atomic E-state index is 4.35. The van der Waals surface area contributed by atoms with Crippen molar-refractivity contribution in [1.82, 2.24) is 4.90 Å². The lowest BCUT2D eigenvalue weighted by molar-refractivity contribution is -0.768. The molecule has 60 valence electrons. The van der Waals surface area contributed by atoms with Crippen LogP contribution in [-0.4, -0.2) is 48.9 Å². The molecule has 2 heterocycles.